The van der Waals surface area contributed by atoms with Gasteiger partial charge in [-0.3, -0.25) is 14.2 Å². The third kappa shape index (κ3) is 5.14. The van der Waals surface area contributed by atoms with E-state index in [-0.39, 0.29) is 23.5 Å². The lowest BCUT2D eigenvalue weighted by atomic mass is 9.35. The Kier molecular flexibility index (Phi) is 7.55. The summed E-state index contributed by atoms with van der Waals surface area (Å²) in [6.07, 6.45) is 2.34. The van der Waals surface area contributed by atoms with Crippen molar-refractivity contribution in [1.29, 1.82) is 0 Å². The number of benzene rings is 1. The Labute approximate surface area is 176 Å². The van der Waals surface area contributed by atoms with Crippen molar-refractivity contribution in [3.05, 3.63) is 23.8 Å². The van der Waals surface area contributed by atoms with Gasteiger partial charge in [0.25, 0.3) is 0 Å². The number of rotatable bonds is 8. The van der Waals surface area contributed by atoms with Crippen LogP contribution in [0.5, 0.6) is 11.5 Å². The minimum atomic E-state index is -3.67. The van der Waals surface area contributed by atoms with E-state index in [4.69, 9.17) is 24.0 Å². The van der Waals surface area contributed by atoms with Gasteiger partial charge in [-0.15, -0.1) is 0 Å². The number of amides is 1. The van der Waals surface area contributed by atoms with E-state index < -0.39 is 13.0 Å². The number of methoxy groups -OCH3 is 3. The molecule has 2 bridgehead atoms. The Hall–Kier alpha value is -2.09. The van der Waals surface area contributed by atoms with E-state index in [1.54, 1.807) is 27.2 Å². The second-order valence-corrected chi connectivity index (χ2v) is 9.61. The summed E-state index contributed by atoms with van der Waals surface area (Å²) in [6.45, 7) is 2.12. The largest absolute Gasteiger partial charge is 0.497 e. The van der Waals surface area contributed by atoms with Gasteiger partial charge in [-0.05, 0) is 37.8 Å². The van der Waals surface area contributed by atoms with E-state index in [0.29, 0.717) is 43.7 Å². The Morgan fingerprint density at radius 2 is 1.73 bits per heavy atom. The first-order valence-electron chi connectivity index (χ1n) is 9.67. The van der Waals surface area contributed by atoms with Gasteiger partial charge in [0.2, 0.25) is 5.91 Å². The fraction of sp³-hybridized carbons (Fsp3) is 0.600. The van der Waals surface area contributed by atoms with Crippen molar-refractivity contribution in [2.24, 2.45) is 10.8 Å². The second kappa shape index (κ2) is 9.37. The molecule has 3 fully saturated rings. The lowest BCUT2D eigenvalue weighted by Gasteiger charge is -2.66. The molecule has 30 heavy (non-hydrogen) atoms. The first kappa shape index (κ1) is 24.2. The van der Waals surface area contributed by atoms with Crippen LogP contribution < -0.4 is 14.8 Å². The molecule has 9 nitrogen and oxygen atoms in total. The van der Waals surface area contributed by atoms with Crippen LogP contribution in [0.15, 0.2) is 18.2 Å². The quantitative estimate of drug-likeness (QED) is 0.412. The van der Waals surface area contributed by atoms with Gasteiger partial charge in [0, 0.05) is 24.3 Å². The van der Waals surface area contributed by atoms with Crippen molar-refractivity contribution in [1.82, 2.24) is 5.32 Å². The van der Waals surface area contributed by atoms with Crippen LogP contribution in [0.4, 0.5) is 0 Å². The molecule has 1 aromatic rings. The Bertz CT molecular complexity index is 814. The lowest BCUT2D eigenvalue weighted by Crippen LogP contribution is -2.70. The molecule has 0 aliphatic heterocycles. The Balaban J connectivity index is 0.000000396. The van der Waals surface area contributed by atoms with Gasteiger partial charge in [-0.1, -0.05) is 6.92 Å². The molecule has 0 radical (unpaired) electrons. The summed E-state index contributed by atoms with van der Waals surface area (Å²) in [5.74, 6) is 1.19. The van der Waals surface area contributed by atoms with Gasteiger partial charge in [0.05, 0.1) is 32.2 Å². The number of hydrogen-bond acceptors (Lipinski definition) is 6. The van der Waals surface area contributed by atoms with Gasteiger partial charge in [-0.25, -0.2) is 0 Å². The summed E-state index contributed by atoms with van der Waals surface area (Å²) < 4.78 is 25.2. The van der Waals surface area contributed by atoms with E-state index in [9.17, 15) is 14.2 Å². The smallest absolute Gasteiger partial charge is 0.325 e. The molecule has 3 aliphatic carbocycles. The number of esters is 1. The predicted octanol–water partition coefficient (Wildman–Crippen LogP) is 2.24. The minimum absolute atomic E-state index is 0.00106. The van der Waals surface area contributed by atoms with Crippen LogP contribution >= 0.6 is 7.60 Å². The zero-order chi connectivity index (χ0) is 22.6. The van der Waals surface area contributed by atoms with Crippen molar-refractivity contribution < 1.29 is 38.2 Å². The topological polar surface area (TPSA) is 131 Å². The monoisotopic (exact) mass is 443 g/mol. The van der Waals surface area contributed by atoms with E-state index in [0.717, 1.165) is 5.56 Å². The van der Waals surface area contributed by atoms with E-state index in [2.05, 4.69) is 5.32 Å². The average Bonchev–Trinajstić information content (AvgIpc) is 2.63. The van der Waals surface area contributed by atoms with Crippen LogP contribution in [-0.2, 0) is 25.4 Å². The first-order chi connectivity index (χ1) is 14.0. The molecule has 0 heterocycles. The fourth-order valence-corrected chi connectivity index (χ4v) is 4.70. The molecule has 3 saturated carbocycles. The zero-order valence-electron chi connectivity index (χ0n) is 17.8. The number of carbonyl (C=O) groups excluding carboxylic acids is 2. The van der Waals surface area contributed by atoms with Crippen LogP contribution in [0.3, 0.4) is 0 Å². The molecule has 3 aliphatic rings. The molecule has 0 unspecified atom stereocenters. The van der Waals surface area contributed by atoms with Gasteiger partial charge in [0.1, 0.15) is 11.5 Å². The SMILES string of the molecule is CCCP(=O)(O)O.COC(=O)C12CC(C(=O)NCc3ccc(OC)cc3OC)(C1)C2. The highest BCUT2D eigenvalue weighted by Gasteiger charge is 2.75. The van der Waals surface area contributed by atoms with Crippen LogP contribution in [0.2, 0.25) is 0 Å². The molecule has 3 N–H and O–H groups in total. The highest BCUT2D eigenvalue weighted by molar-refractivity contribution is 7.51. The summed E-state index contributed by atoms with van der Waals surface area (Å²) in [5.41, 5.74) is 0.105. The minimum Gasteiger partial charge on any atom is -0.497 e. The highest BCUT2D eigenvalue weighted by Crippen LogP contribution is 2.73. The van der Waals surface area contributed by atoms with Crippen molar-refractivity contribution in [2.75, 3.05) is 27.5 Å². The lowest BCUT2D eigenvalue weighted by molar-refractivity contribution is -0.222. The fourth-order valence-electron chi connectivity index (χ4n) is 4.11. The number of carbonyl (C=O) groups is 2. The summed E-state index contributed by atoms with van der Waals surface area (Å²) in [4.78, 5) is 40.3. The third-order valence-electron chi connectivity index (χ3n) is 5.58. The van der Waals surface area contributed by atoms with Gasteiger partial charge in [-0.2, -0.15) is 0 Å². The number of hydrogen-bond donors (Lipinski definition) is 3. The molecule has 0 aromatic heterocycles. The standard InChI is InChI=1S/C17H21NO5.C3H9O3P/c1-21-12-5-4-11(13(6-12)22-2)7-18-14(19)16-8-17(9-16,10-16)15(20)23-3;1-2-3-7(4,5)6/h4-6H,7-10H2,1-3H3,(H,18,19);2-3H2,1H3,(H2,4,5,6). The molecule has 0 atom stereocenters. The molecule has 10 heteroatoms. The summed E-state index contributed by atoms with van der Waals surface area (Å²) in [7, 11) is 0.907. The Morgan fingerprint density at radius 3 is 2.17 bits per heavy atom. The van der Waals surface area contributed by atoms with E-state index in [1.165, 1.54) is 7.11 Å². The molecule has 0 spiro atoms. The normalized spacial score (nSPS) is 23.7. The first-order valence-corrected chi connectivity index (χ1v) is 11.5. The van der Waals surface area contributed by atoms with E-state index >= 15 is 0 Å². The summed E-state index contributed by atoms with van der Waals surface area (Å²) in [5, 5.41) is 2.95. The zero-order valence-corrected chi connectivity index (χ0v) is 18.7. The molecular formula is C20H30NO8P. The highest BCUT2D eigenvalue weighted by atomic mass is 31.2. The Morgan fingerprint density at radius 1 is 1.10 bits per heavy atom. The van der Waals surface area contributed by atoms with Crippen LogP contribution in [0, 0.1) is 10.8 Å². The molecule has 168 valence electrons. The van der Waals surface area contributed by atoms with Crippen molar-refractivity contribution in [3.8, 4) is 11.5 Å². The molecule has 1 amide bonds. The van der Waals surface area contributed by atoms with Crippen LogP contribution in [-0.4, -0.2) is 49.2 Å². The third-order valence-corrected chi connectivity index (χ3v) is 6.61. The molecule has 4 rings (SSSR count). The maximum atomic E-state index is 12.4. The van der Waals surface area contributed by atoms with E-state index in [1.807, 2.05) is 12.1 Å². The van der Waals surface area contributed by atoms with Crippen molar-refractivity contribution in [3.63, 3.8) is 0 Å². The maximum Gasteiger partial charge on any atom is 0.325 e. The average molecular weight is 443 g/mol. The summed E-state index contributed by atoms with van der Waals surface area (Å²) in [6, 6.07) is 5.49. The maximum absolute atomic E-state index is 12.4. The molecule has 0 saturated heterocycles. The predicted molar refractivity (Wildman–Crippen MR) is 109 cm³/mol. The van der Waals surface area contributed by atoms with Gasteiger partial charge >= 0.3 is 13.6 Å². The van der Waals surface area contributed by atoms with Crippen molar-refractivity contribution in [2.45, 2.75) is 39.2 Å². The van der Waals surface area contributed by atoms with Crippen LogP contribution in [0.1, 0.15) is 38.2 Å². The van der Waals surface area contributed by atoms with Crippen molar-refractivity contribution >= 4 is 19.5 Å². The molecule has 1 aromatic carbocycles. The second-order valence-electron chi connectivity index (χ2n) is 7.83. The summed E-state index contributed by atoms with van der Waals surface area (Å²) >= 11 is 0. The number of ether oxygens (including phenoxy) is 3. The van der Waals surface area contributed by atoms with Crippen LogP contribution in [0.25, 0.3) is 0 Å². The van der Waals surface area contributed by atoms with Gasteiger partial charge < -0.3 is 29.3 Å². The van der Waals surface area contributed by atoms with Gasteiger partial charge in [0.15, 0.2) is 0 Å². The number of nitrogens with one attached hydrogen (secondary N) is 1. The molecular weight excluding hydrogens is 413 g/mol.